The second-order valence-electron chi connectivity index (χ2n) is 4.44. The van der Waals surface area contributed by atoms with Crippen LogP contribution in [0.1, 0.15) is 42.1 Å². The summed E-state index contributed by atoms with van der Waals surface area (Å²) in [6.07, 6.45) is 6.69. The summed E-state index contributed by atoms with van der Waals surface area (Å²) in [5.74, 6) is 0.746. The molecule has 94 valence electrons. The lowest BCUT2D eigenvalue weighted by atomic mass is 9.95. The number of hydrogen-bond acceptors (Lipinski definition) is 4. The van der Waals surface area contributed by atoms with Crippen LogP contribution in [0.5, 0.6) is 0 Å². The van der Waals surface area contributed by atoms with Crippen LogP contribution < -0.4 is 5.32 Å². The highest BCUT2D eigenvalue weighted by Gasteiger charge is 2.24. The van der Waals surface area contributed by atoms with Crippen molar-refractivity contribution in [3.8, 4) is 0 Å². The first-order valence-corrected chi connectivity index (χ1v) is 7.20. The van der Waals surface area contributed by atoms with Gasteiger partial charge in [0.15, 0.2) is 0 Å². The fraction of sp³-hybridized carbons (Fsp3) is 0.727. The van der Waals surface area contributed by atoms with Crippen LogP contribution >= 0.6 is 11.8 Å². The maximum absolute atomic E-state index is 11.9. The molecule has 0 bridgehead atoms. The number of aromatic nitrogens is 3. The highest BCUT2D eigenvalue weighted by Crippen LogP contribution is 2.26. The molecule has 0 aliphatic heterocycles. The van der Waals surface area contributed by atoms with E-state index >= 15 is 0 Å². The van der Waals surface area contributed by atoms with E-state index in [0.717, 1.165) is 12.8 Å². The van der Waals surface area contributed by atoms with Crippen LogP contribution in [0.4, 0.5) is 0 Å². The minimum atomic E-state index is -0.166. The molecule has 2 rings (SSSR count). The second kappa shape index (κ2) is 5.53. The molecule has 1 aromatic rings. The smallest absolute Gasteiger partial charge is 0.291 e. The number of hydrogen-bond donors (Lipinski definition) is 2. The van der Waals surface area contributed by atoms with Gasteiger partial charge in [0, 0.05) is 11.3 Å². The van der Waals surface area contributed by atoms with E-state index in [9.17, 15) is 4.79 Å². The van der Waals surface area contributed by atoms with Crippen molar-refractivity contribution in [2.24, 2.45) is 0 Å². The number of H-pyrrole nitrogens is 1. The maximum atomic E-state index is 11.9. The lowest BCUT2D eigenvalue weighted by Crippen LogP contribution is -2.39. The van der Waals surface area contributed by atoms with E-state index in [1.807, 2.05) is 11.8 Å². The number of thioether (sulfide) groups is 1. The Morgan fingerprint density at radius 2 is 2.35 bits per heavy atom. The zero-order valence-corrected chi connectivity index (χ0v) is 11.0. The fourth-order valence-electron chi connectivity index (χ4n) is 2.18. The van der Waals surface area contributed by atoms with E-state index in [1.165, 1.54) is 12.8 Å². The summed E-state index contributed by atoms with van der Waals surface area (Å²) in [5, 5.41) is 10.2. The van der Waals surface area contributed by atoms with E-state index in [4.69, 9.17) is 0 Å². The minimum Gasteiger partial charge on any atom is -0.346 e. The standard InChI is InChI=1S/C11H18N4OS/c1-7-12-10(15-14-7)11(16)13-8-4-3-5-9(6-8)17-2/h8-9H,3-6H2,1-2H3,(H,13,16)(H,12,14,15). The molecule has 0 saturated heterocycles. The monoisotopic (exact) mass is 254 g/mol. The summed E-state index contributed by atoms with van der Waals surface area (Å²) >= 11 is 1.89. The Balaban J connectivity index is 1.90. The van der Waals surface area contributed by atoms with Crippen LogP contribution in [0.2, 0.25) is 0 Å². The van der Waals surface area contributed by atoms with E-state index < -0.39 is 0 Å². The average Bonchev–Trinajstić information content (AvgIpc) is 2.76. The third-order valence-corrected chi connectivity index (χ3v) is 4.19. The predicted octanol–water partition coefficient (Wildman–Crippen LogP) is 1.52. The molecule has 5 nitrogen and oxygen atoms in total. The lowest BCUT2D eigenvalue weighted by molar-refractivity contribution is 0.0918. The number of aryl methyl sites for hydroxylation is 1. The molecular formula is C11H18N4OS. The highest BCUT2D eigenvalue weighted by atomic mass is 32.2. The van der Waals surface area contributed by atoms with E-state index in [2.05, 4.69) is 26.8 Å². The minimum absolute atomic E-state index is 0.166. The van der Waals surface area contributed by atoms with Crippen molar-refractivity contribution in [3.63, 3.8) is 0 Å². The van der Waals surface area contributed by atoms with Crippen LogP contribution in [0.3, 0.4) is 0 Å². The van der Waals surface area contributed by atoms with Gasteiger partial charge in [0.05, 0.1) is 0 Å². The zero-order valence-electron chi connectivity index (χ0n) is 10.2. The molecular weight excluding hydrogens is 236 g/mol. The zero-order chi connectivity index (χ0) is 12.3. The summed E-state index contributed by atoms with van der Waals surface area (Å²) in [6, 6.07) is 0.271. The third-order valence-electron chi connectivity index (χ3n) is 3.09. The maximum Gasteiger partial charge on any atom is 0.291 e. The molecule has 2 N–H and O–H groups in total. The number of aromatic amines is 1. The van der Waals surface area contributed by atoms with Gasteiger partial charge in [-0.1, -0.05) is 6.42 Å². The predicted molar refractivity (Wildman–Crippen MR) is 68.1 cm³/mol. The van der Waals surface area contributed by atoms with Gasteiger partial charge < -0.3 is 5.32 Å². The number of nitrogens with zero attached hydrogens (tertiary/aromatic N) is 2. The van der Waals surface area contributed by atoms with Crippen molar-refractivity contribution >= 4 is 17.7 Å². The van der Waals surface area contributed by atoms with E-state index in [-0.39, 0.29) is 17.8 Å². The first kappa shape index (κ1) is 12.4. The second-order valence-corrected chi connectivity index (χ2v) is 5.58. The topological polar surface area (TPSA) is 70.7 Å². The molecule has 0 radical (unpaired) electrons. The molecule has 1 amide bonds. The summed E-state index contributed by atoms with van der Waals surface area (Å²) in [7, 11) is 0. The molecule has 2 atom stereocenters. The van der Waals surface area contributed by atoms with Crippen molar-refractivity contribution in [2.45, 2.75) is 43.9 Å². The molecule has 6 heteroatoms. The van der Waals surface area contributed by atoms with Gasteiger partial charge >= 0.3 is 0 Å². The summed E-state index contributed by atoms with van der Waals surface area (Å²) < 4.78 is 0. The Bertz CT molecular complexity index is 393. The van der Waals surface area contributed by atoms with Gasteiger partial charge in [-0.3, -0.25) is 9.89 Å². The molecule has 1 aromatic heterocycles. The first-order chi connectivity index (χ1) is 8.19. The molecule has 1 saturated carbocycles. The van der Waals surface area contributed by atoms with Gasteiger partial charge in [0.1, 0.15) is 5.82 Å². The van der Waals surface area contributed by atoms with Gasteiger partial charge in [-0.25, -0.2) is 4.98 Å². The molecule has 2 unspecified atom stereocenters. The van der Waals surface area contributed by atoms with Crippen LogP contribution in [-0.4, -0.2) is 38.6 Å². The van der Waals surface area contributed by atoms with E-state index in [0.29, 0.717) is 11.1 Å². The number of carbonyl (C=O) groups excluding carboxylic acids is 1. The number of nitrogens with one attached hydrogen (secondary N) is 2. The molecule has 1 aliphatic rings. The Morgan fingerprint density at radius 3 is 3.00 bits per heavy atom. The van der Waals surface area contributed by atoms with Gasteiger partial charge in [0.25, 0.3) is 5.91 Å². The normalized spacial score (nSPS) is 24.6. The summed E-state index contributed by atoms with van der Waals surface area (Å²) in [4.78, 5) is 15.9. The Kier molecular flexibility index (Phi) is 4.04. The first-order valence-electron chi connectivity index (χ1n) is 5.91. The van der Waals surface area contributed by atoms with Gasteiger partial charge in [-0.2, -0.15) is 11.8 Å². The van der Waals surface area contributed by atoms with Crippen molar-refractivity contribution in [2.75, 3.05) is 6.26 Å². The largest absolute Gasteiger partial charge is 0.346 e. The molecule has 0 spiro atoms. The van der Waals surface area contributed by atoms with E-state index in [1.54, 1.807) is 6.92 Å². The average molecular weight is 254 g/mol. The van der Waals surface area contributed by atoms with Crippen LogP contribution in [-0.2, 0) is 0 Å². The number of carbonyl (C=O) groups is 1. The van der Waals surface area contributed by atoms with Crippen molar-refractivity contribution in [1.82, 2.24) is 20.5 Å². The Labute approximate surface area is 105 Å². The number of amides is 1. The van der Waals surface area contributed by atoms with Crippen LogP contribution in [0.15, 0.2) is 0 Å². The molecule has 1 aliphatic carbocycles. The quantitative estimate of drug-likeness (QED) is 0.858. The summed E-state index contributed by atoms with van der Waals surface area (Å²) in [5.41, 5.74) is 0. The molecule has 1 fully saturated rings. The third kappa shape index (κ3) is 3.21. The molecule has 17 heavy (non-hydrogen) atoms. The highest BCUT2D eigenvalue weighted by molar-refractivity contribution is 7.99. The number of rotatable bonds is 3. The van der Waals surface area contributed by atoms with Crippen LogP contribution in [0, 0.1) is 6.92 Å². The SMILES string of the molecule is CSC1CCCC(NC(=O)c2n[nH]c(C)n2)C1. The van der Waals surface area contributed by atoms with Crippen LogP contribution in [0.25, 0.3) is 0 Å². The van der Waals surface area contributed by atoms with Gasteiger partial charge in [-0.15, -0.1) is 5.10 Å². The van der Waals surface area contributed by atoms with Crippen molar-refractivity contribution in [3.05, 3.63) is 11.6 Å². The Hall–Kier alpha value is -1.04. The Morgan fingerprint density at radius 1 is 1.53 bits per heavy atom. The molecule has 0 aromatic carbocycles. The molecule has 1 heterocycles. The van der Waals surface area contributed by atoms with Gasteiger partial charge in [0.2, 0.25) is 5.82 Å². The van der Waals surface area contributed by atoms with Crippen molar-refractivity contribution in [1.29, 1.82) is 0 Å². The summed E-state index contributed by atoms with van der Waals surface area (Å²) in [6.45, 7) is 1.79. The fourth-order valence-corrected chi connectivity index (χ4v) is 3.01. The lowest BCUT2D eigenvalue weighted by Gasteiger charge is -2.28. The van der Waals surface area contributed by atoms with Crippen molar-refractivity contribution < 1.29 is 4.79 Å². The van der Waals surface area contributed by atoms with Gasteiger partial charge in [-0.05, 0) is 32.4 Å².